The summed E-state index contributed by atoms with van der Waals surface area (Å²) in [6.45, 7) is 0. The summed E-state index contributed by atoms with van der Waals surface area (Å²) in [5, 5.41) is 0. The third-order valence-electron chi connectivity index (χ3n) is 2.13. The van der Waals surface area contributed by atoms with Crippen molar-refractivity contribution in [1.29, 1.82) is 0 Å². The van der Waals surface area contributed by atoms with Gasteiger partial charge in [0.15, 0.2) is 0 Å². The van der Waals surface area contributed by atoms with Gasteiger partial charge in [0.05, 0.1) is 7.11 Å². The van der Waals surface area contributed by atoms with Crippen LogP contribution < -0.4 is 4.74 Å². The van der Waals surface area contributed by atoms with E-state index in [0.29, 0.717) is 0 Å². The van der Waals surface area contributed by atoms with Gasteiger partial charge in [0, 0.05) is 12.3 Å². The van der Waals surface area contributed by atoms with E-state index >= 15 is 0 Å². The molecule has 2 rings (SSSR count). The fourth-order valence-electron chi connectivity index (χ4n) is 1.38. The monoisotopic (exact) mass is 203 g/mol. The number of nitrogens with zero attached hydrogens (tertiary/aromatic N) is 1. The van der Waals surface area contributed by atoms with Gasteiger partial charge in [0.1, 0.15) is 5.75 Å². The number of rotatable bonds is 2. The predicted octanol–water partition coefficient (Wildman–Crippen LogP) is 2.90. The van der Waals surface area contributed by atoms with Gasteiger partial charge >= 0.3 is 0 Å². The molecule has 0 spiro atoms. The Kier molecular flexibility index (Phi) is 2.63. The second-order valence-corrected chi connectivity index (χ2v) is 3.10. The summed E-state index contributed by atoms with van der Waals surface area (Å²) >= 11 is 0. The van der Waals surface area contributed by atoms with E-state index in [-0.39, 0.29) is 0 Å². The molecule has 0 aliphatic heterocycles. The number of aromatic nitrogens is 1. The number of ether oxygens (including phenoxy) is 1. The first-order chi connectivity index (χ1) is 7.29. The topological polar surface area (TPSA) is 22.1 Å². The largest absolute Gasteiger partial charge is 0.497 e. The molecule has 0 saturated carbocycles. The van der Waals surface area contributed by atoms with Crippen molar-refractivity contribution in [1.82, 2.24) is 4.98 Å². The van der Waals surface area contributed by atoms with E-state index in [0.717, 1.165) is 16.9 Å². The smallest absolute Gasteiger partial charge is 0.213 e. The molecule has 0 aliphatic carbocycles. The summed E-state index contributed by atoms with van der Waals surface area (Å²) in [6.07, 6.45) is 1.45. The van der Waals surface area contributed by atoms with E-state index in [1.807, 2.05) is 24.3 Å². The Morgan fingerprint density at radius 2 is 1.93 bits per heavy atom. The van der Waals surface area contributed by atoms with Crippen LogP contribution in [-0.2, 0) is 0 Å². The molecule has 3 heteroatoms. The van der Waals surface area contributed by atoms with E-state index in [1.54, 1.807) is 13.2 Å². The van der Waals surface area contributed by atoms with Gasteiger partial charge in [-0.15, -0.1) is 0 Å². The Hall–Kier alpha value is -1.90. The highest BCUT2D eigenvalue weighted by Gasteiger charge is 2.00. The number of benzene rings is 1. The molecule has 0 radical (unpaired) electrons. The number of hydrogen-bond donors (Lipinski definition) is 0. The zero-order chi connectivity index (χ0) is 10.7. The average molecular weight is 203 g/mol. The van der Waals surface area contributed by atoms with Crippen LogP contribution in [0.25, 0.3) is 11.1 Å². The van der Waals surface area contributed by atoms with E-state index in [1.165, 1.54) is 12.3 Å². The van der Waals surface area contributed by atoms with E-state index in [4.69, 9.17) is 4.74 Å². The van der Waals surface area contributed by atoms with Gasteiger partial charge in [-0.2, -0.15) is 4.39 Å². The molecule has 1 aromatic heterocycles. The Morgan fingerprint density at radius 3 is 2.67 bits per heavy atom. The molecule has 0 bridgehead atoms. The maximum Gasteiger partial charge on any atom is 0.213 e. The minimum atomic E-state index is -0.477. The fourth-order valence-corrected chi connectivity index (χ4v) is 1.38. The summed E-state index contributed by atoms with van der Waals surface area (Å²) in [4.78, 5) is 3.51. The lowest BCUT2D eigenvalue weighted by Crippen LogP contribution is -1.86. The lowest BCUT2D eigenvalue weighted by atomic mass is 10.1. The summed E-state index contributed by atoms with van der Waals surface area (Å²) in [7, 11) is 1.60. The van der Waals surface area contributed by atoms with Crippen LogP contribution in [-0.4, -0.2) is 12.1 Å². The molecule has 0 amide bonds. The normalized spacial score (nSPS) is 10.0. The molecular formula is C12H10FNO. The number of hydrogen-bond acceptors (Lipinski definition) is 2. The van der Waals surface area contributed by atoms with Crippen LogP contribution in [0.3, 0.4) is 0 Å². The fraction of sp³-hybridized carbons (Fsp3) is 0.0833. The van der Waals surface area contributed by atoms with Crippen LogP contribution >= 0.6 is 0 Å². The molecule has 0 aliphatic rings. The first-order valence-electron chi connectivity index (χ1n) is 4.55. The molecule has 0 unspecified atom stereocenters. The molecule has 76 valence electrons. The third kappa shape index (κ3) is 2.13. The number of pyridine rings is 1. The van der Waals surface area contributed by atoms with Crippen LogP contribution in [0.2, 0.25) is 0 Å². The molecule has 0 saturated heterocycles. The molecular weight excluding hydrogens is 193 g/mol. The van der Waals surface area contributed by atoms with E-state index < -0.39 is 5.95 Å². The first-order valence-corrected chi connectivity index (χ1v) is 4.55. The zero-order valence-electron chi connectivity index (χ0n) is 8.27. The summed E-state index contributed by atoms with van der Waals surface area (Å²) in [5.41, 5.74) is 1.71. The van der Waals surface area contributed by atoms with Crippen LogP contribution in [0.1, 0.15) is 0 Å². The summed E-state index contributed by atoms with van der Waals surface area (Å²) in [5.74, 6) is 0.278. The Labute approximate surface area is 87.4 Å². The lowest BCUT2D eigenvalue weighted by molar-refractivity contribution is 0.415. The van der Waals surface area contributed by atoms with Gasteiger partial charge in [-0.1, -0.05) is 12.1 Å². The van der Waals surface area contributed by atoms with Crippen molar-refractivity contribution in [2.45, 2.75) is 0 Å². The van der Waals surface area contributed by atoms with Crippen LogP contribution in [0.15, 0.2) is 42.6 Å². The highest BCUT2D eigenvalue weighted by atomic mass is 19.1. The second kappa shape index (κ2) is 4.09. The molecule has 1 aromatic carbocycles. The van der Waals surface area contributed by atoms with Gasteiger partial charge in [-0.25, -0.2) is 4.98 Å². The SMILES string of the molecule is COc1cccc(-c2ccnc(F)c2)c1. The first kappa shape index (κ1) is 9.65. The minimum Gasteiger partial charge on any atom is -0.497 e. The Morgan fingerprint density at radius 1 is 1.13 bits per heavy atom. The van der Waals surface area contributed by atoms with Gasteiger partial charge in [-0.05, 0) is 29.3 Å². The minimum absolute atomic E-state index is 0.477. The van der Waals surface area contributed by atoms with Gasteiger partial charge in [0.25, 0.3) is 0 Å². The van der Waals surface area contributed by atoms with Crippen molar-refractivity contribution in [2.75, 3.05) is 7.11 Å². The van der Waals surface area contributed by atoms with Crippen molar-refractivity contribution in [3.63, 3.8) is 0 Å². The van der Waals surface area contributed by atoms with E-state index in [9.17, 15) is 4.39 Å². The molecule has 0 N–H and O–H groups in total. The Balaban J connectivity index is 2.44. The zero-order valence-corrected chi connectivity index (χ0v) is 8.27. The standard InChI is InChI=1S/C12H10FNO/c1-15-11-4-2-3-9(7-11)10-5-6-14-12(13)8-10/h2-8H,1H3. The summed E-state index contributed by atoms with van der Waals surface area (Å²) in [6, 6.07) is 10.6. The van der Waals surface area contributed by atoms with Crippen molar-refractivity contribution < 1.29 is 9.13 Å². The van der Waals surface area contributed by atoms with Crippen molar-refractivity contribution >= 4 is 0 Å². The predicted molar refractivity (Wildman–Crippen MR) is 56.2 cm³/mol. The average Bonchev–Trinajstić information content (AvgIpc) is 2.29. The third-order valence-corrected chi connectivity index (χ3v) is 2.13. The molecule has 0 atom stereocenters. The quantitative estimate of drug-likeness (QED) is 0.700. The highest BCUT2D eigenvalue weighted by Crippen LogP contribution is 2.23. The van der Waals surface area contributed by atoms with Gasteiger partial charge < -0.3 is 4.74 Å². The summed E-state index contributed by atoms with van der Waals surface area (Å²) < 4.78 is 18.0. The second-order valence-electron chi connectivity index (χ2n) is 3.10. The maximum atomic E-state index is 12.9. The number of halogens is 1. The van der Waals surface area contributed by atoms with E-state index in [2.05, 4.69) is 4.98 Å². The van der Waals surface area contributed by atoms with Crippen molar-refractivity contribution in [3.05, 3.63) is 48.5 Å². The molecule has 1 heterocycles. The molecule has 2 aromatic rings. The van der Waals surface area contributed by atoms with Crippen LogP contribution in [0.4, 0.5) is 4.39 Å². The van der Waals surface area contributed by atoms with Gasteiger partial charge in [0.2, 0.25) is 5.95 Å². The Bertz CT molecular complexity index is 471. The maximum absolute atomic E-state index is 12.9. The van der Waals surface area contributed by atoms with Crippen molar-refractivity contribution in [2.24, 2.45) is 0 Å². The van der Waals surface area contributed by atoms with Crippen molar-refractivity contribution in [3.8, 4) is 16.9 Å². The lowest BCUT2D eigenvalue weighted by Gasteiger charge is -2.04. The number of methoxy groups -OCH3 is 1. The molecule has 15 heavy (non-hydrogen) atoms. The highest BCUT2D eigenvalue weighted by molar-refractivity contribution is 5.64. The van der Waals surface area contributed by atoms with Crippen LogP contribution in [0.5, 0.6) is 5.75 Å². The molecule has 2 nitrogen and oxygen atoms in total. The van der Waals surface area contributed by atoms with Crippen LogP contribution in [0, 0.1) is 5.95 Å². The van der Waals surface area contributed by atoms with Gasteiger partial charge in [-0.3, -0.25) is 0 Å². The molecule has 0 fully saturated rings.